The number of carbonyl (C=O) groups excluding carboxylic acids is 3. The van der Waals surface area contributed by atoms with Crippen molar-refractivity contribution < 1.29 is 24.2 Å². The van der Waals surface area contributed by atoms with Crippen molar-refractivity contribution in [2.75, 3.05) is 36.0 Å². The van der Waals surface area contributed by atoms with E-state index in [0.29, 0.717) is 45.2 Å². The van der Waals surface area contributed by atoms with Gasteiger partial charge in [-0.15, -0.1) is 13.2 Å². The maximum absolute atomic E-state index is 15.0. The van der Waals surface area contributed by atoms with Crippen LogP contribution in [0.25, 0.3) is 0 Å². The van der Waals surface area contributed by atoms with E-state index in [4.69, 9.17) is 4.74 Å². The molecular weight excluding hydrogens is 566 g/mol. The summed E-state index contributed by atoms with van der Waals surface area (Å²) in [6, 6.07) is 14.6. The third kappa shape index (κ3) is 5.52. The number of hydrogen-bond acceptors (Lipinski definition) is 5. The van der Waals surface area contributed by atoms with Gasteiger partial charge < -0.3 is 24.5 Å². The highest BCUT2D eigenvalue weighted by Gasteiger charge is 2.79. The zero-order chi connectivity index (χ0) is 32.4. The number of rotatable bonds is 14. The number of fused-ring (bicyclic) bond motifs is 1. The Morgan fingerprint density at radius 3 is 2.38 bits per heavy atom. The Morgan fingerprint density at radius 2 is 1.71 bits per heavy atom. The number of aryl methyl sites for hydroxylation is 2. The van der Waals surface area contributed by atoms with E-state index in [1.807, 2.05) is 69.3 Å². The van der Waals surface area contributed by atoms with E-state index in [1.165, 1.54) is 0 Å². The first-order chi connectivity index (χ1) is 21.7. The zero-order valence-corrected chi connectivity index (χ0v) is 26.9. The number of likely N-dealkylation sites (tertiary alicyclic amines) is 1. The van der Waals surface area contributed by atoms with Crippen LogP contribution < -0.4 is 9.80 Å². The van der Waals surface area contributed by atoms with Crippen molar-refractivity contribution in [2.24, 2.45) is 11.8 Å². The minimum absolute atomic E-state index is 0.0694. The van der Waals surface area contributed by atoms with Crippen LogP contribution in [0.15, 0.2) is 73.8 Å². The highest BCUT2D eigenvalue weighted by molar-refractivity contribution is 6.07. The van der Waals surface area contributed by atoms with E-state index in [1.54, 1.807) is 26.9 Å². The van der Waals surface area contributed by atoms with Crippen molar-refractivity contribution >= 4 is 29.1 Å². The van der Waals surface area contributed by atoms with E-state index in [0.717, 1.165) is 28.9 Å². The van der Waals surface area contributed by atoms with Crippen molar-refractivity contribution in [3.8, 4) is 0 Å². The molecule has 2 unspecified atom stereocenters. The van der Waals surface area contributed by atoms with Crippen LogP contribution in [0.4, 0.5) is 11.4 Å². The topological polar surface area (TPSA) is 90.4 Å². The molecule has 3 amide bonds. The van der Waals surface area contributed by atoms with Gasteiger partial charge >= 0.3 is 0 Å². The first kappa shape index (κ1) is 32.6. The molecule has 8 heteroatoms. The minimum Gasteiger partial charge on any atom is -0.396 e. The first-order valence-corrected chi connectivity index (χ1v) is 16.3. The molecule has 3 aliphatic heterocycles. The predicted molar refractivity (Wildman–Crippen MR) is 177 cm³/mol. The average molecular weight is 614 g/mol. The highest BCUT2D eigenvalue weighted by atomic mass is 16.5. The van der Waals surface area contributed by atoms with E-state index < -0.39 is 29.1 Å². The van der Waals surface area contributed by atoms with E-state index in [2.05, 4.69) is 13.2 Å². The summed E-state index contributed by atoms with van der Waals surface area (Å²) in [5, 5.41) is 9.39. The van der Waals surface area contributed by atoms with Crippen LogP contribution in [0.1, 0.15) is 56.6 Å². The molecule has 0 aliphatic carbocycles. The summed E-state index contributed by atoms with van der Waals surface area (Å²) >= 11 is 0. The van der Waals surface area contributed by atoms with Gasteiger partial charge in [0.2, 0.25) is 11.8 Å². The smallest absolute Gasteiger partial charge is 0.253 e. The predicted octanol–water partition coefficient (Wildman–Crippen LogP) is 5.36. The maximum Gasteiger partial charge on any atom is 0.253 e. The lowest BCUT2D eigenvalue weighted by atomic mass is 9.64. The number of unbranched alkanes of at least 4 members (excludes halogenated alkanes) is 2. The summed E-state index contributed by atoms with van der Waals surface area (Å²) in [7, 11) is 0. The zero-order valence-electron chi connectivity index (χ0n) is 26.9. The lowest BCUT2D eigenvalue weighted by Crippen LogP contribution is -2.56. The monoisotopic (exact) mass is 613 g/mol. The number of carbonyl (C=O) groups is 3. The third-order valence-electron chi connectivity index (χ3n) is 10.1. The van der Waals surface area contributed by atoms with Gasteiger partial charge in [-0.1, -0.05) is 49.4 Å². The van der Waals surface area contributed by atoms with Crippen LogP contribution in [0.5, 0.6) is 0 Å². The summed E-state index contributed by atoms with van der Waals surface area (Å²) < 4.78 is 7.05. The van der Waals surface area contributed by atoms with Gasteiger partial charge in [-0.2, -0.15) is 0 Å². The second kappa shape index (κ2) is 13.3. The normalized spacial score (nSPS) is 26.5. The lowest BCUT2D eigenvalue weighted by molar-refractivity contribution is -0.146. The molecule has 1 spiro atoms. The van der Waals surface area contributed by atoms with Crippen molar-refractivity contribution in [3.05, 3.63) is 85.0 Å². The number of aliphatic hydroxyl groups excluding tert-OH is 1. The quantitative estimate of drug-likeness (QED) is 0.229. The summed E-state index contributed by atoms with van der Waals surface area (Å²) in [5.41, 5.74) is 1.50. The summed E-state index contributed by atoms with van der Waals surface area (Å²) in [6.45, 7) is 14.8. The van der Waals surface area contributed by atoms with Gasteiger partial charge in [0.1, 0.15) is 11.6 Å². The molecule has 3 aliphatic rings. The lowest BCUT2D eigenvalue weighted by Gasteiger charge is -2.37. The Morgan fingerprint density at radius 1 is 1.00 bits per heavy atom. The molecule has 0 aromatic heterocycles. The van der Waals surface area contributed by atoms with Gasteiger partial charge in [0, 0.05) is 37.6 Å². The fourth-order valence-electron chi connectivity index (χ4n) is 8.01. The molecule has 0 radical (unpaired) electrons. The number of amides is 3. The van der Waals surface area contributed by atoms with Crippen LogP contribution >= 0.6 is 0 Å². The van der Waals surface area contributed by atoms with Gasteiger partial charge in [0.05, 0.1) is 17.4 Å². The van der Waals surface area contributed by atoms with Gasteiger partial charge in [-0.3, -0.25) is 14.4 Å². The highest BCUT2D eigenvalue weighted by Crippen LogP contribution is 2.65. The molecule has 2 aromatic rings. The molecule has 3 saturated heterocycles. The van der Waals surface area contributed by atoms with Crippen molar-refractivity contribution in [2.45, 2.75) is 76.5 Å². The summed E-state index contributed by atoms with van der Waals surface area (Å²) in [5.74, 6) is -2.11. The minimum atomic E-state index is -1.13. The van der Waals surface area contributed by atoms with E-state index >= 15 is 0 Å². The standard InChI is InChI=1S/C37H47N3O5/c1-6-21-38(28-15-11-9-12-16-28)33(42)30-31-34(43)40(23-13-10-14-24-41)32(37(31)20-19-36(30,8-3)45-37)35(44)39(22-7-2)29-25-26(4)17-18-27(29)5/h6-7,9,11-12,15-18,25,30-32,41H,1-2,8,10,13-14,19-24H2,3-5H3/t30-,31+,32?,36+,37?/m1/s1. The molecule has 8 nitrogen and oxygen atoms in total. The number of benzene rings is 2. The Labute approximate surface area is 267 Å². The Hall–Kier alpha value is -3.75. The molecule has 45 heavy (non-hydrogen) atoms. The number of para-hydroxylation sites is 1. The summed E-state index contributed by atoms with van der Waals surface area (Å²) in [4.78, 5) is 49.4. The van der Waals surface area contributed by atoms with E-state index in [9.17, 15) is 19.5 Å². The number of hydrogen-bond donors (Lipinski definition) is 1. The number of anilines is 2. The second-order valence-corrected chi connectivity index (χ2v) is 12.7. The molecule has 2 bridgehead atoms. The molecule has 2 aromatic carbocycles. The SMILES string of the molecule is C=CCN(C(=O)[C@H]1[C@H]2C(=O)N(CCCCCO)C(C(=O)N(CC=C)c3cc(C)ccc3C)C23CC[C@]1(CC)O3)c1ccccc1. The van der Waals surface area contributed by atoms with Crippen LogP contribution in [0.3, 0.4) is 0 Å². The molecule has 0 saturated carbocycles. The number of nitrogens with zero attached hydrogens (tertiary/aromatic N) is 3. The Balaban J connectivity index is 1.61. The van der Waals surface area contributed by atoms with Crippen LogP contribution in [0.2, 0.25) is 0 Å². The Kier molecular flexibility index (Phi) is 9.65. The fraction of sp³-hybridized carbons (Fsp3) is 0.486. The molecule has 1 N–H and O–H groups in total. The van der Waals surface area contributed by atoms with Gasteiger partial charge in [-0.25, -0.2) is 0 Å². The maximum atomic E-state index is 15.0. The van der Waals surface area contributed by atoms with E-state index in [-0.39, 0.29) is 30.9 Å². The molecule has 3 heterocycles. The van der Waals surface area contributed by atoms with Crippen molar-refractivity contribution in [1.82, 2.24) is 4.90 Å². The largest absolute Gasteiger partial charge is 0.396 e. The third-order valence-corrected chi connectivity index (χ3v) is 10.1. The van der Waals surface area contributed by atoms with Gasteiger partial charge in [-0.05, 0) is 81.7 Å². The second-order valence-electron chi connectivity index (χ2n) is 12.7. The van der Waals surface area contributed by atoms with Crippen LogP contribution in [-0.2, 0) is 19.1 Å². The van der Waals surface area contributed by atoms with Crippen molar-refractivity contribution in [3.63, 3.8) is 0 Å². The molecular formula is C37H47N3O5. The van der Waals surface area contributed by atoms with Gasteiger partial charge in [0.25, 0.3) is 5.91 Å². The average Bonchev–Trinajstić information content (AvgIpc) is 3.65. The van der Waals surface area contributed by atoms with Gasteiger partial charge in [0.15, 0.2) is 0 Å². The first-order valence-electron chi connectivity index (χ1n) is 16.3. The molecule has 3 fully saturated rings. The fourth-order valence-corrected chi connectivity index (χ4v) is 8.01. The Bertz CT molecular complexity index is 1440. The van der Waals surface area contributed by atoms with Crippen molar-refractivity contribution in [1.29, 1.82) is 0 Å². The molecule has 240 valence electrons. The summed E-state index contributed by atoms with van der Waals surface area (Å²) in [6.07, 6.45) is 7.03. The number of aliphatic hydroxyl groups is 1. The molecule has 5 rings (SSSR count). The van der Waals surface area contributed by atoms with Crippen LogP contribution in [-0.4, -0.2) is 71.2 Å². The number of ether oxygens (including phenoxy) is 1. The van der Waals surface area contributed by atoms with Crippen LogP contribution in [0, 0.1) is 25.7 Å². The molecule has 5 atom stereocenters.